The molecule has 0 aliphatic rings. The number of rotatable bonds is 6. The van der Waals surface area contributed by atoms with E-state index in [9.17, 15) is 0 Å². The third kappa shape index (κ3) is 4.03. The fourth-order valence-corrected chi connectivity index (χ4v) is 3.87. The Hall–Kier alpha value is -2.82. The third-order valence-corrected chi connectivity index (χ3v) is 5.33. The van der Waals surface area contributed by atoms with Crippen LogP contribution in [0.15, 0.2) is 47.5 Å². The summed E-state index contributed by atoms with van der Waals surface area (Å²) in [5, 5.41) is 14.2. The fraction of sp³-hybridized carbons (Fsp3) is 0.391. The molecule has 5 nitrogen and oxygen atoms in total. The first kappa shape index (κ1) is 19.9. The van der Waals surface area contributed by atoms with E-state index in [0.29, 0.717) is 0 Å². The van der Waals surface area contributed by atoms with Gasteiger partial charge in [-0.3, -0.25) is 9.67 Å². The van der Waals surface area contributed by atoms with Crippen LogP contribution in [0.4, 0.5) is 0 Å². The highest BCUT2D eigenvalue weighted by Crippen LogP contribution is 2.24. The summed E-state index contributed by atoms with van der Waals surface area (Å²) in [6.45, 7) is 7.23. The number of aryl methyl sites for hydroxylation is 2. The van der Waals surface area contributed by atoms with Crippen LogP contribution in [-0.4, -0.2) is 22.8 Å². The number of aromatic nitrogens is 2. The zero-order valence-electron chi connectivity index (χ0n) is 17.6. The first-order valence-corrected chi connectivity index (χ1v) is 10.1. The average Bonchev–Trinajstić information content (AvgIpc) is 3.04. The number of aliphatic imine (C=N–C) groups is 1. The molecule has 0 amide bonds. The molecule has 0 bridgehead atoms. The normalized spacial score (nSPS) is 13.0. The molecule has 0 spiro atoms. The van der Waals surface area contributed by atoms with Gasteiger partial charge in [0.2, 0.25) is 0 Å². The van der Waals surface area contributed by atoms with Gasteiger partial charge in [0.15, 0.2) is 5.96 Å². The number of hydrogen-bond acceptors (Lipinski definition) is 2. The zero-order valence-corrected chi connectivity index (χ0v) is 17.6. The molecule has 5 heteroatoms. The number of nitrogens with one attached hydrogen (secondary N) is 2. The van der Waals surface area contributed by atoms with Crippen LogP contribution in [0.5, 0.6) is 0 Å². The Kier molecular flexibility index (Phi) is 6.34. The van der Waals surface area contributed by atoms with Gasteiger partial charge in [0.1, 0.15) is 0 Å². The van der Waals surface area contributed by atoms with Gasteiger partial charge in [-0.25, -0.2) is 0 Å². The molecule has 1 aromatic heterocycles. The average molecular weight is 378 g/mol. The SMILES string of the molecule is CCc1nn(C)c(CC)c1CNC(=NC)NC(C)c1cccc2ccccc12. The molecule has 1 atom stereocenters. The van der Waals surface area contributed by atoms with E-state index in [4.69, 9.17) is 0 Å². The Morgan fingerprint density at radius 2 is 1.86 bits per heavy atom. The van der Waals surface area contributed by atoms with Gasteiger partial charge in [-0.15, -0.1) is 0 Å². The van der Waals surface area contributed by atoms with E-state index in [0.717, 1.165) is 31.0 Å². The highest BCUT2D eigenvalue weighted by molar-refractivity contribution is 5.87. The number of guanidine groups is 1. The van der Waals surface area contributed by atoms with Crippen molar-refractivity contribution in [2.24, 2.45) is 12.0 Å². The van der Waals surface area contributed by atoms with E-state index in [-0.39, 0.29) is 6.04 Å². The van der Waals surface area contributed by atoms with E-state index < -0.39 is 0 Å². The molecule has 0 aliphatic heterocycles. The molecule has 0 fully saturated rings. The van der Waals surface area contributed by atoms with Gasteiger partial charge in [-0.2, -0.15) is 5.10 Å². The lowest BCUT2D eigenvalue weighted by molar-refractivity contribution is 0.685. The van der Waals surface area contributed by atoms with Crippen molar-refractivity contribution in [3.63, 3.8) is 0 Å². The van der Waals surface area contributed by atoms with Crippen molar-refractivity contribution >= 4 is 16.7 Å². The van der Waals surface area contributed by atoms with Gasteiger partial charge in [0.05, 0.1) is 11.7 Å². The van der Waals surface area contributed by atoms with Crippen LogP contribution < -0.4 is 10.6 Å². The molecule has 0 radical (unpaired) electrons. The summed E-state index contributed by atoms with van der Waals surface area (Å²) in [5.41, 5.74) is 4.99. The number of nitrogens with zero attached hydrogens (tertiary/aromatic N) is 3. The van der Waals surface area contributed by atoms with Crippen molar-refractivity contribution in [2.75, 3.05) is 7.05 Å². The molecule has 28 heavy (non-hydrogen) atoms. The first-order valence-electron chi connectivity index (χ1n) is 10.1. The van der Waals surface area contributed by atoms with Gasteiger partial charge < -0.3 is 10.6 Å². The molecule has 1 heterocycles. The first-order chi connectivity index (χ1) is 13.6. The van der Waals surface area contributed by atoms with Gasteiger partial charge in [0, 0.05) is 31.9 Å². The van der Waals surface area contributed by atoms with Crippen LogP contribution in [0.2, 0.25) is 0 Å². The molecular formula is C23H31N5. The summed E-state index contributed by atoms with van der Waals surface area (Å²) in [4.78, 5) is 4.43. The predicted molar refractivity (Wildman–Crippen MR) is 118 cm³/mol. The van der Waals surface area contributed by atoms with Crippen LogP contribution in [0, 0.1) is 0 Å². The minimum atomic E-state index is 0.141. The third-order valence-electron chi connectivity index (χ3n) is 5.33. The highest BCUT2D eigenvalue weighted by atomic mass is 15.3. The lowest BCUT2D eigenvalue weighted by Gasteiger charge is -2.20. The maximum Gasteiger partial charge on any atom is 0.191 e. The summed E-state index contributed by atoms with van der Waals surface area (Å²) in [5.74, 6) is 0.799. The second-order valence-electron chi connectivity index (χ2n) is 7.06. The number of hydrogen-bond donors (Lipinski definition) is 2. The van der Waals surface area contributed by atoms with E-state index in [1.807, 2.05) is 18.8 Å². The Labute approximate surface area is 167 Å². The van der Waals surface area contributed by atoms with Crippen molar-refractivity contribution in [2.45, 2.75) is 46.2 Å². The van der Waals surface area contributed by atoms with Crippen LogP contribution in [0.25, 0.3) is 10.8 Å². The Balaban J connectivity index is 1.75. The predicted octanol–water partition coefficient (Wildman–Crippen LogP) is 4.12. The Morgan fingerprint density at radius 3 is 2.57 bits per heavy atom. The quantitative estimate of drug-likeness (QED) is 0.502. The molecular weight excluding hydrogens is 346 g/mol. The lowest BCUT2D eigenvalue weighted by atomic mass is 10.00. The van der Waals surface area contributed by atoms with Crippen LogP contribution in [0.1, 0.15) is 49.3 Å². The maximum atomic E-state index is 4.66. The van der Waals surface area contributed by atoms with Crippen molar-refractivity contribution in [3.8, 4) is 0 Å². The number of fused-ring (bicyclic) bond motifs is 1. The zero-order chi connectivity index (χ0) is 20.1. The largest absolute Gasteiger partial charge is 0.352 e. The van der Waals surface area contributed by atoms with Gasteiger partial charge >= 0.3 is 0 Å². The second-order valence-corrected chi connectivity index (χ2v) is 7.06. The van der Waals surface area contributed by atoms with Crippen molar-refractivity contribution in [3.05, 3.63) is 65.0 Å². The van der Waals surface area contributed by atoms with E-state index in [1.54, 1.807) is 0 Å². The van der Waals surface area contributed by atoms with E-state index >= 15 is 0 Å². The summed E-state index contributed by atoms with van der Waals surface area (Å²) < 4.78 is 2.00. The molecule has 0 saturated carbocycles. The Bertz CT molecular complexity index is 965. The summed E-state index contributed by atoms with van der Waals surface area (Å²) in [6, 6.07) is 15.1. The minimum absolute atomic E-state index is 0.141. The maximum absolute atomic E-state index is 4.66. The van der Waals surface area contributed by atoms with Gasteiger partial charge in [-0.05, 0) is 36.1 Å². The molecule has 3 rings (SSSR count). The van der Waals surface area contributed by atoms with Gasteiger partial charge in [-0.1, -0.05) is 56.3 Å². The van der Waals surface area contributed by atoms with Gasteiger partial charge in [0.25, 0.3) is 0 Å². The molecule has 148 valence electrons. The minimum Gasteiger partial charge on any atom is -0.352 e. The monoisotopic (exact) mass is 377 g/mol. The molecule has 3 aromatic rings. The fourth-order valence-electron chi connectivity index (χ4n) is 3.87. The van der Waals surface area contributed by atoms with E-state index in [1.165, 1.54) is 27.6 Å². The van der Waals surface area contributed by atoms with Crippen molar-refractivity contribution < 1.29 is 0 Å². The highest BCUT2D eigenvalue weighted by Gasteiger charge is 2.15. The lowest BCUT2D eigenvalue weighted by Crippen LogP contribution is -2.38. The van der Waals surface area contributed by atoms with E-state index in [2.05, 4.69) is 84.0 Å². The summed E-state index contributed by atoms with van der Waals surface area (Å²) in [6.07, 6.45) is 1.91. The summed E-state index contributed by atoms with van der Waals surface area (Å²) in [7, 11) is 3.84. The Morgan fingerprint density at radius 1 is 1.11 bits per heavy atom. The molecule has 0 saturated heterocycles. The molecule has 2 aromatic carbocycles. The van der Waals surface area contributed by atoms with Crippen molar-refractivity contribution in [1.29, 1.82) is 0 Å². The standard InChI is InChI=1S/C23H31N5/c1-6-21-20(22(7-2)28(5)27-21)15-25-23(24-4)26-16(3)18-14-10-12-17-11-8-9-13-19(17)18/h8-14,16H,6-7,15H2,1-5H3,(H2,24,25,26). The summed E-state index contributed by atoms with van der Waals surface area (Å²) >= 11 is 0. The molecule has 1 unspecified atom stereocenters. The van der Waals surface area contributed by atoms with Crippen molar-refractivity contribution in [1.82, 2.24) is 20.4 Å². The van der Waals surface area contributed by atoms with Crippen LogP contribution in [-0.2, 0) is 26.4 Å². The molecule has 0 aliphatic carbocycles. The number of benzene rings is 2. The van der Waals surface area contributed by atoms with Crippen LogP contribution in [0.3, 0.4) is 0 Å². The topological polar surface area (TPSA) is 54.2 Å². The second kappa shape index (κ2) is 8.91. The van der Waals surface area contributed by atoms with Crippen LogP contribution >= 0.6 is 0 Å². The molecule has 2 N–H and O–H groups in total. The smallest absolute Gasteiger partial charge is 0.191 e.